The van der Waals surface area contributed by atoms with Gasteiger partial charge in [0.1, 0.15) is 11.5 Å². The third-order valence-corrected chi connectivity index (χ3v) is 4.80. The molecule has 0 fully saturated rings. The lowest BCUT2D eigenvalue weighted by Crippen LogP contribution is -2.39. The molecule has 2 aromatic rings. The molecule has 0 saturated heterocycles. The summed E-state index contributed by atoms with van der Waals surface area (Å²) < 4.78 is 10.7. The molecule has 1 heterocycles. The third kappa shape index (κ3) is 6.68. The maximum Gasteiger partial charge on any atom is 0.193 e. The van der Waals surface area contributed by atoms with E-state index in [1.807, 2.05) is 18.2 Å². The fraction of sp³-hybridized carbons (Fsp3) is 0.421. The van der Waals surface area contributed by atoms with Crippen LogP contribution >= 0.6 is 35.3 Å². The lowest BCUT2D eigenvalue weighted by molar-refractivity contribution is 0.391. The van der Waals surface area contributed by atoms with E-state index in [0.29, 0.717) is 6.54 Å². The number of nitrogens with one attached hydrogen (secondary N) is 1. The molecule has 1 N–H and O–H groups in total. The molecule has 0 unspecified atom stereocenters. The van der Waals surface area contributed by atoms with E-state index in [2.05, 4.69) is 41.7 Å². The minimum absolute atomic E-state index is 0. The molecular weight excluding hydrogens is 461 g/mol. The first kappa shape index (κ1) is 22.6. The molecule has 0 atom stereocenters. The van der Waals surface area contributed by atoms with Gasteiger partial charge in [0.05, 0.1) is 20.8 Å². The van der Waals surface area contributed by atoms with Crippen LogP contribution in [0.25, 0.3) is 0 Å². The largest absolute Gasteiger partial charge is 0.497 e. The normalized spacial score (nSPS) is 10.8. The number of hydrogen-bond acceptors (Lipinski definition) is 4. The van der Waals surface area contributed by atoms with Crippen molar-refractivity contribution >= 4 is 41.3 Å². The average Bonchev–Trinajstić information content (AvgIpc) is 3.16. The van der Waals surface area contributed by atoms with Crippen LogP contribution in [0.3, 0.4) is 0 Å². The van der Waals surface area contributed by atoms with Crippen LogP contribution in [0.2, 0.25) is 0 Å². The van der Waals surface area contributed by atoms with Crippen molar-refractivity contribution in [2.24, 2.45) is 4.99 Å². The molecule has 0 spiro atoms. The molecule has 0 aliphatic rings. The summed E-state index contributed by atoms with van der Waals surface area (Å²) in [5, 5.41) is 5.47. The molecular formula is C19H28IN3O2S. The number of benzene rings is 1. The van der Waals surface area contributed by atoms with Gasteiger partial charge >= 0.3 is 0 Å². The summed E-state index contributed by atoms with van der Waals surface area (Å²) in [5.74, 6) is 2.47. The molecule has 0 aliphatic heterocycles. The summed E-state index contributed by atoms with van der Waals surface area (Å²) in [5.41, 5.74) is 1.03. The number of methoxy groups -OCH3 is 2. The van der Waals surface area contributed by atoms with Gasteiger partial charge in [-0.15, -0.1) is 35.3 Å². The van der Waals surface area contributed by atoms with Crippen molar-refractivity contribution < 1.29 is 9.47 Å². The minimum atomic E-state index is 0. The molecule has 0 bridgehead atoms. The number of ether oxygens (including phenoxy) is 2. The molecule has 0 radical (unpaired) electrons. The van der Waals surface area contributed by atoms with Crippen molar-refractivity contribution in [3.63, 3.8) is 0 Å². The summed E-state index contributed by atoms with van der Waals surface area (Å²) >= 11 is 1.79. The number of rotatable bonds is 8. The first-order valence-electron chi connectivity index (χ1n) is 8.40. The Kier molecular flexibility index (Phi) is 10.4. The summed E-state index contributed by atoms with van der Waals surface area (Å²) in [6.07, 6.45) is 1.02. The highest BCUT2D eigenvalue weighted by Crippen LogP contribution is 2.25. The lowest BCUT2D eigenvalue weighted by atomic mass is 10.2. The number of likely N-dealkylation sites (N-methyl/N-ethyl adjacent to an activating group) is 1. The fourth-order valence-electron chi connectivity index (χ4n) is 2.45. The number of aliphatic imine (C=N–C) groups is 1. The van der Waals surface area contributed by atoms with Gasteiger partial charge in [0.25, 0.3) is 0 Å². The minimum Gasteiger partial charge on any atom is -0.497 e. The molecule has 7 heteroatoms. The standard InChI is InChI=1S/C19H27N3O2S.HI/c1-5-20-19(22(2)11-10-17-7-6-12-25-17)21-14-15-8-9-16(23-3)13-18(15)24-4;/h6-9,12-13H,5,10-11,14H2,1-4H3,(H,20,21);1H. The van der Waals surface area contributed by atoms with Gasteiger partial charge < -0.3 is 19.7 Å². The molecule has 1 aromatic carbocycles. The maximum atomic E-state index is 5.46. The van der Waals surface area contributed by atoms with Crippen molar-refractivity contribution in [1.29, 1.82) is 0 Å². The van der Waals surface area contributed by atoms with Gasteiger partial charge in [-0.3, -0.25) is 0 Å². The van der Waals surface area contributed by atoms with Gasteiger partial charge in [0.2, 0.25) is 0 Å². The van der Waals surface area contributed by atoms with Crippen molar-refractivity contribution in [1.82, 2.24) is 10.2 Å². The Balaban J connectivity index is 0.00000338. The van der Waals surface area contributed by atoms with Crippen LogP contribution in [-0.4, -0.2) is 45.2 Å². The predicted molar refractivity (Wildman–Crippen MR) is 120 cm³/mol. The molecule has 26 heavy (non-hydrogen) atoms. The van der Waals surface area contributed by atoms with E-state index in [-0.39, 0.29) is 24.0 Å². The molecule has 1 aromatic heterocycles. The fourth-order valence-corrected chi connectivity index (χ4v) is 3.15. The van der Waals surface area contributed by atoms with Crippen molar-refractivity contribution in [2.45, 2.75) is 19.9 Å². The van der Waals surface area contributed by atoms with Crippen molar-refractivity contribution in [2.75, 3.05) is 34.4 Å². The van der Waals surface area contributed by atoms with Gasteiger partial charge in [-0.1, -0.05) is 6.07 Å². The Labute approximate surface area is 177 Å². The molecule has 0 amide bonds. The highest BCUT2D eigenvalue weighted by molar-refractivity contribution is 14.0. The second-order valence-corrected chi connectivity index (χ2v) is 6.63. The highest BCUT2D eigenvalue weighted by atomic mass is 127. The van der Waals surface area contributed by atoms with E-state index in [0.717, 1.165) is 42.5 Å². The Morgan fingerprint density at radius 1 is 1.23 bits per heavy atom. The monoisotopic (exact) mass is 489 g/mol. The van der Waals surface area contributed by atoms with E-state index in [4.69, 9.17) is 14.5 Å². The third-order valence-electron chi connectivity index (χ3n) is 3.86. The summed E-state index contributed by atoms with van der Waals surface area (Å²) in [6, 6.07) is 10.1. The Hall–Kier alpha value is -1.48. The molecule has 0 saturated carbocycles. The van der Waals surface area contributed by atoms with Gasteiger partial charge in [0, 0.05) is 36.6 Å². The number of nitrogens with zero attached hydrogens (tertiary/aromatic N) is 2. The van der Waals surface area contributed by atoms with Crippen LogP contribution in [0.1, 0.15) is 17.4 Å². The molecule has 0 aliphatic carbocycles. The zero-order chi connectivity index (χ0) is 18.1. The molecule has 5 nitrogen and oxygen atoms in total. The second-order valence-electron chi connectivity index (χ2n) is 5.60. The van der Waals surface area contributed by atoms with Crippen LogP contribution in [0, 0.1) is 0 Å². The number of halogens is 1. The Bertz CT molecular complexity index is 677. The van der Waals surface area contributed by atoms with Crippen LogP contribution in [0.5, 0.6) is 11.5 Å². The van der Waals surface area contributed by atoms with E-state index < -0.39 is 0 Å². The Morgan fingerprint density at radius 2 is 2.04 bits per heavy atom. The number of guanidine groups is 1. The summed E-state index contributed by atoms with van der Waals surface area (Å²) in [7, 11) is 5.39. The van der Waals surface area contributed by atoms with Gasteiger partial charge in [-0.05, 0) is 36.9 Å². The highest BCUT2D eigenvalue weighted by Gasteiger charge is 2.08. The summed E-state index contributed by atoms with van der Waals surface area (Å²) in [4.78, 5) is 8.32. The topological polar surface area (TPSA) is 46.1 Å². The number of thiophene rings is 1. The van der Waals surface area contributed by atoms with Crippen LogP contribution in [-0.2, 0) is 13.0 Å². The molecule has 144 valence electrons. The average molecular weight is 489 g/mol. The van der Waals surface area contributed by atoms with Crippen LogP contribution in [0.15, 0.2) is 40.7 Å². The zero-order valence-electron chi connectivity index (χ0n) is 15.8. The smallest absolute Gasteiger partial charge is 0.193 e. The SMILES string of the molecule is CCNC(=NCc1ccc(OC)cc1OC)N(C)CCc1cccs1.I. The molecule has 2 rings (SSSR count). The maximum absolute atomic E-state index is 5.46. The first-order valence-corrected chi connectivity index (χ1v) is 9.28. The number of hydrogen-bond donors (Lipinski definition) is 1. The van der Waals surface area contributed by atoms with E-state index in [9.17, 15) is 0 Å². The van der Waals surface area contributed by atoms with E-state index in [1.54, 1.807) is 25.6 Å². The van der Waals surface area contributed by atoms with Crippen molar-refractivity contribution in [3.8, 4) is 11.5 Å². The second kappa shape index (κ2) is 12.0. The van der Waals surface area contributed by atoms with Gasteiger partial charge in [0.15, 0.2) is 5.96 Å². The lowest BCUT2D eigenvalue weighted by Gasteiger charge is -2.22. The van der Waals surface area contributed by atoms with Crippen LogP contribution in [0.4, 0.5) is 0 Å². The van der Waals surface area contributed by atoms with Gasteiger partial charge in [-0.2, -0.15) is 0 Å². The van der Waals surface area contributed by atoms with Gasteiger partial charge in [-0.25, -0.2) is 4.99 Å². The Morgan fingerprint density at radius 3 is 2.65 bits per heavy atom. The predicted octanol–water partition coefficient (Wildman–Crippen LogP) is 4.02. The zero-order valence-corrected chi connectivity index (χ0v) is 19.0. The van der Waals surface area contributed by atoms with E-state index >= 15 is 0 Å². The van der Waals surface area contributed by atoms with Crippen molar-refractivity contribution in [3.05, 3.63) is 46.2 Å². The quantitative estimate of drug-likeness (QED) is 0.346. The van der Waals surface area contributed by atoms with Crippen LogP contribution < -0.4 is 14.8 Å². The first-order chi connectivity index (χ1) is 12.2. The summed E-state index contributed by atoms with van der Waals surface area (Å²) in [6.45, 7) is 4.39. The van der Waals surface area contributed by atoms with E-state index in [1.165, 1.54) is 4.88 Å².